The molecule has 0 unspecified atom stereocenters. The molecule has 0 bridgehead atoms. The van der Waals surface area contributed by atoms with E-state index in [1.165, 1.54) is 11.3 Å². The summed E-state index contributed by atoms with van der Waals surface area (Å²) in [7, 11) is -1.16. The van der Waals surface area contributed by atoms with Crippen molar-refractivity contribution in [1.82, 2.24) is 10.4 Å². The molecule has 2 atom stereocenters. The van der Waals surface area contributed by atoms with Crippen LogP contribution >= 0.6 is 0 Å². The van der Waals surface area contributed by atoms with Crippen LogP contribution in [-0.2, 0) is 26.9 Å². The molecule has 0 saturated heterocycles. The van der Waals surface area contributed by atoms with E-state index in [1.54, 1.807) is 20.8 Å². The first-order valence-corrected chi connectivity index (χ1v) is 9.62. The van der Waals surface area contributed by atoms with Gasteiger partial charge in [0.1, 0.15) is 5.60 Å². The lowest BCUT2D eigenvalue weighted by Gasteiger charge is -2.33. The van der Waals surface area contributed by atoms with Crippen molar-refractivity contribution in [2.24, 2.45) is 0 Å². The predicted molar refractivity (Wildman–Crippen MR) is 93.7 cm³/mol. The van der Waals surface area contributed by atoms with Gasteiger partial charge in [0.25, 0.3) is 0 Å². The Hall–Kier alpha value is -1.93. The summed E-state index contributed by atoms with van der Waals surface area (Å²) in [6, 6.07) is 7.97. The Morgan fingerprint density at radius 3 is 2.36 bits per heavy atom. The van der Waals surface area contributed by atoms with Crippen LogP contribution in [0.15, 0.2) is 30.3 Å². The fraction of sp³-hybridized carbons (Fsp3) is 0.529. The number of carbonyl (C=O) groups excluding carboxylic acids is 2. The number of nitrogens with zero attached hydrogens (tertiary/aromatic N) is 1. The Morgan fingerprint density at radius 2 is 1.88 bits per heavy atom. The van der Waals surface area contributed by atoms with Gasteiger partial charge in [-0.3, -0.25) is 9.63 Å². The molecule has 1 N–H and O–H groups in total. The van der Waals surface area contributed by atoms with Gasteiger partial charge in [-0.25, -0.2) is 9.80 Å². The lowest BCUT2D eigenvalue weighted by atomic mass is 10.1. The van der Waals surface area contributed by atoms with Crippen molar-refractivity contribution >= 4 is 22.9 Å². The zero-order valence-electron chi connectivity index (χ0n) is 15.0. The van der Waals surface area contributed by atoms with Crippen LogP contribution in [0.1, 0.15) is 32.8 Å². The minimum absolute atomic E-state index is 0.0775. The standard InChI is InChI=1S/C17H26N2O5S/c1-17(2,3)24-16(22)18-19(12-13-8-6-5-7-9-13)14(15(20)21)10-11-25(4)23/h5-9,14H,10-12H2,1-4H3,(H,18,22)(H,20,21)/p-1/t14-,25+/m1/s1. The lowest BCUT2D eigenvalue weighted by molar-refractivity contribution is -0.312. The largest absolute Gasteiger partial charge is 0.548 e. The quantitative estimate of drug-likeness (QED) is 0.681. The lowest BCUT2D eigenvalue weighted by Crippen LogP contribution is -2.56. The van der Waals surface area contributed by atoms with Crippen LogP contribution < -0.4 is 10.5 Å². The summed E-state index contributed by atoms with van der Waals surface area (Å²) in [4.78, 5) is 23.6. The second-order valence-electron chi connectivity index (χ2n) is 6.63. The zero-order chi connectivity index (χ0) is 19.0. The van der Waals surface area contributed by atoms with Gasteiger partial charge in [0.15, 0.2) is 0 Å². The smallest absolute Gasteiger partial charge is 0.422 e. The average Bonchev–Trinajstić information content (AvgIpc) is 2.45. The zero-order valence-corrected chi connectivity index (χ0v) is 15.8. The summed E-state index contributed by atoms with van der Waals surface area (Å²) in [6.07, 6.45) is 0.816. The first kappa shape index (κ1) is 21.1. The highest BCUT2D eigenvalue weighted by molar-refractivity contribution is 7.84. The molecular formula is C17H25N2O5S-. The number of aliphatic carboxylic acids is 1. The molecule has 1 rings (SSSR count). The van der Waals surface area contributed by atoms with Crippen molar-refractivity contribution in [3.05, 3.63) is 35.9 Å². The van der Waals surface area contributed by atoms with Crippen molar-refractivity contribution in [3.8, 4) is 0 Å². The maximum atomic E-state index is 12.1. The average molecular weight is 369 g/mol. The van der Waals surface area contributed by atoms with Gasteiger partial charge in [-0.15, -0.1) is 0 Å². The number of nitrogens with one attached hydrogen (secondary N) is 1. The second-order valence-corrected chi connectivity index (χ2v) is 8.18. The van der Waals surface area contributed by atoms with Gasteiger partial charge in [0, 0.05) is 29.4 Å². The van der Waals surface area contributed by atoms with Gasteiger partial charge in [0.05, 0.1) is 12.0 Å². The monoisotopic (exact) mass is 369 g/mol. The third-order valence-electron chi connectivity index (χ3n) is 3.16. The Kier molecular flexibility index (Phi) is 8.05. The molecule has 0 heterocycles. The summed E-state index contributed by atoms with van der Waals surface area (Å²) in [5, 5.41) is 12.8. The number of hydrogen-bond donors (Lipinski definition) is 1. The Bertz CT molecular complexity index is 601. The number of benzene rings is 1. The van der Waals surface area contributed by atoms with E-state index < -0.39 is 34.5 Å². The van der Waals surface area contributed by atoms with Crippen molar-refractivity contribution in [2.75, 3.05) is 12.0 Å². The molecule has 1 aromatic rings. The van der Waals surface area contributed by atoms with Crippen molar-refractivity contribution in [1.29, 1.82) is 0 Å². The second kappa shape index (κ2) is 9.53. The summed E-state index contributed by atoms with van der Waals surface area (Å²) in [6.45, 7) is 5.29. The topological polar surface area (TPSA) is 98.8 Å². The molecule has 25 heavy (non-hydrogen) atoms. The van der Waals surface area contributed by atoms with E-state index in [9.17, 15) is 18.9 Å². The molecule has 0 aliphatic carbocycles. The number of hydrazine groups is 1. The summed E-state index contributed by atoms with van der Waals surface area (Å²) in [5.41, 5.74) is 2.57. The minimum atomic E-state index is -1.35. The van der Waals surface area contributed by atoms with E-state index in [4.69, 9.17) is 4.74 Å². The van der Waals surface area contributed by atoms with Crippen LogP contribution in [0.3, 0.4) is 0 Å². The van der Waals surface area contributed by atoms with E-state index in [-0.39, 0.29) is 18.7 Å². The maximum absolute atomic E-state index is 12.1. The molecule has 0 aliphatic heterocycles. The van der Waals surface area contributed by atoms with Crippen LogP contribution in [-0.4, -0.2) is 44.9 Å². The predicted octanol–water partition coefficient (Wildman–Crippen LogP) is 0.815. The van der Waals surface area contributed by atoms with Crippen LogP contribution in [0.25, 0.3) is 0 Å². The third kappa shape index (κ3) is 8.64. The summed E-state index contributed by atoms with van der Waals surface area (Å²) in [5.74, 6) is -1.17. The molecule has 0 radical (unpaired) electrons. The third-order valence-corrected chi connectivity index (χ3v) is 3.97. The Labute approximate surface area is 150 Å². The summed E-state index contributed by atoms with van der Waals surface area (Å²) < 4.78 is 16.5. The first-order chi connectivity index (χ1) is 11.6. The van der Waals surface area contributed by atoms with Crippen LogP contribution in [0.2, 0.25) is 0 Å². The van der Waals surface area contributed by atoms with Gasteiger partial charge in [0.2, 0.25) is 0 Å². The number of carbonyl (C=O) groups is 2. The highest BCUT2D eigenvalue weighted by atomic mass is 32.2. The Morgan fingerprint density at radius 1 is 1.28 bits per heavy atom. The van der Waals surface area contributed by atoms with Gasteiger partial charge in [-0.05, 0) is 32.8 Å². The number of amides is 1. The van der Waals surface area contributed by atoms with Gasteiger partial charge in [-0.1, -0.05) is 30.3 Å². The molecule has 0 aromatic heterocycles. The van der Waals surface area contributed by atoms with E-state index in [2.05, 4.69) is 5.43 Å². The highest BCUT2D eigenvalue weighted by Gasteiger charge is 2.25. The normalized spacial score (nSPS) is 14.0. The van der Waals surface area contributed by atoms with Gasteiger partial charge < -0.3 is 14.6 Å². The van der Waals surface area contributed by atoms with Crippen molar-refractivity contribution < 1.29 is 23.6 Å². The molecule has 0 fully saturated rings. The molecular weight excluding hydrogens is 344 g/mol. The molecule has 8 heteroatoms. The van der Waals surface area contributed by atoms with Crippen LogP contribution in [0, 0.1) is 0 Å². The number of carboxylic acid groups (broad SMARTS) is 1. The SMILES string of the molecule is C[S@](=O)CC[C@H](C(=O)[O-])N(Cc1ccccc1)NC(=O)OC(C)(C)C. The molecule has 0 aliphatic rings. The molecule has 1 amide bonds. The molecule has 7 nitrogen and oxygen atoms in total. The first-order valence-electron chi connectivity index (χ1n) is 7.89. The van der Waals surface area contributed by atoms with E-state index in [0.29, 0.717) is 0 Å². The fourth-order valence-electron chi connectivity index (χ4n) is 2.10. The van der Waals surface area contributed by atoms with E-state index >= 15 is 0 Å². The maximum Gasteiger partial charge on any atom is 0.422 e. The number of carboxylic acids is 1. The van der Waals surface area contributed by atoms with Gasteiger partial charge >= 0.3 is 6.09 Å². The molecule has 0 spiro atoms. The summed E-state index contributed by atoms with van der Waals surface area (Å²) >= 11 is 0. The van der Waals surface area contributed by atoms with Gasteiger partial charge in [-0.2, -0.15) is 0 Å². The number of ether oxygens (including phenoxy) is 1. The van der Waals surface area contributed by atoms with Crippen LogP contribution in [0.5, 0.6) is 0 Å². The Balaban J connectivity index is 2.96. The minimum Gasteiger partial charge on any atom is -0.548 e. The van der Waals surface area contributed by atoms with E-state index in [0.717, 1.165) is 5.56 Å². The van der Waals surface area contributed by atoms with Crippen molar-refractivity contribution in [2.45, 2.75) is 45.4 Å². The highest BCUT2D eigenvalue weighted by Crippen LogP contribution is 2.12. The van der Waals surface area contributed by atoms with E-state index in [1.807, 2.05) is 30.3 Å². The van der Waals surface area contributed by atoms with Crippen molar-refractivity contribution in [3.63, 3.8) is 0 Å². The molecule has 140 valence electrons. The number of hydrogen-bond acceptors (Lipinski definition) is 6. The molecule has 0 saturated carbocycles. The van der Waals surface area contributed by atoms with Crippen LogP contribution in [0.4, 0.5) is 4.79 Å². The number of rotatable bonds is 8. The molecule has 1 aromatic carbocycles. The fourth-order valence-corrected chi connectivity index (χ4v) is 2.66.